The van der Waals surface area contributed by atoms with E-state index in [1.54, 1.807) is 6.07 Å². The minimum atomic E-state index is -0.314. The first-order valence-corrected chi connectivity index (χ1v) is 9.59. The van der Waals surface area contributed by atoms with Crippen molar-refractivity contribution < 1.29 is 10.4 Å². The van der Waals surface area contributed by atoms with E-state index in [0.717, 1.165) is 17.6 Å². The van der Waals surface area contributed by atoms with E-state index in [1.807, 2.05) is 36.4 Å². The molecule has 142 valence electrons. The smallest absolute Gasteiger partial charge is 0.134 e. The van der Waals surface area contributed by atoms with Gasteiger partial charge in [-0.2, -0.15) is 0 Å². The molecule has 3 N–H and O–H groups in total. The van der Waals surface area contributed by atoms with Crippen molar-refractivity contribution in [3.8, 4) is 5.75 Å². The van der Waals surface area contributed by atoms with Crippen LogP contribution in [0.1, 0.15) is 24.5 Å². The number of phenols is 1. The molecule has 0 fully saturated rings. The van der Waals surface area contributed by atoms with Crippen LogP contribution in [0.3, 0.4) is 0 Å². The summed E-state index contributed by atoms with van der Waals surface area (Å²) in [4.78, 5) is 0. The fourth-order valence-electron chi connectivity index (χ4n) is 3.83. The van der Waals surface area contributed by atoms with E-state index in [9.17, 15) is 5.11 Å². The van der Waals surface area contributed by atoms with Crippen LogP contribution in [0.25, 0.3) is 16.8 Å². The molecule has 3 aromatic carbocycles. The molecular weight excluding hydrogens is 342 g/mol. The van der Waals surface area contributed by atoms with Crippen LogP contribution >= 0.6 is 0 Å². The summed E-state index contributed by atoms with van der Waals surface area (Å²) in [7, 11) is 2.07. The standard InChI is InChI=1S/C26H27NO/c1-5-18-26(3,19(2)14-15-21-11-7-9-13-24(21)28)25-22-12-8-6-10-20(22)16-17-23(25)27-4/h5-17,27-28H,1-2,18H2,3-4H3/p+1. The number of phenolic OH excluding ortho intramolecular Hbond substituents is 1. The van der Waals surface area contributed by atoms with E-state index in [2.05, 4.69) is 68.8 Å². The van der Waals surface area contributed by atoms with Crippen LogP contribution in [0.5, 0.6) is 5.75 Å². The highest BCUT2D eigenvalue weighted by molar-refractivity contribution is 5.90. The number of fused-ring (bicyclic) bond motifs is 1. The highest BCUT2D eigenvalue weighted by atomic mass is 16.3. The predicted octanol–water partition coefficient (Wildman–Crippen LogP) is 5.47. The Morgan fingerprint density at radius 3 is 2.50 bits per heavy atom. The summed E-state index contributed by atoms with van der Waals surface area (Å²) >= 11 is 0. The van der Waals surface area contributed by atoms with Crippen molar-refractivity contribution in [1.29, 1.82) is 0 Å². The van der Waals surface area contributed by atoms with Gasteiger partial charge < -0.3 is 10.4 Å². The summed E-state index contributed by atoms with van der Waals surface area (Å²) in [6.07, 6.45) is 6.67. The molecule has 0 aliphatic carbocycles. The van der Waals surface area contributed by atoms with Crippen molar-refractivity contribution in [2.45, 2.75) is 18.8 Å². The predicted molar refractivity (Wildman–Crippen MR) is 120 cm³/mol. The average Bonchev–Trinajstić information content (AvgIpc) is 2.72. The number of rotatable bonds is 7. The highest BCUT2D eigenvalue weighted by Gasteiger charge is 2.33. The first-order chi connectivity index (χ1) is 13.5. The van der Waals surface area contributed by atoms with Gasteiger partial charge in [0.25, 0.3) is 0 Å². The molecule has 0 heterocycles. The number of aromatic hydroxyl groups is 1. The van der Waals surface area contributed by atoms with Crippen LogP contribution in [-0.4, -0.2) is 12.2 Å². The van der Waals surface area contributed by atoms with Gasteiger partial charge in [0.15, 0.2) is 0 Å². The zero-order valence-corrected chi connectivity index (χ0v) is 16.7. The molecule has 3 aromatic rings. The van der Waals surface area contributed by atoms with Crippen molar-refractivity contribution in [3.05, 3.63) is 103 Å². The Hall–Kier alpha value is -3.10. The molecule has 3 rings (SSSR count). The van der Waals surface area contributed by atoms with E-state index < -0.39 is 0 Å². The zero-order chi connectivity index (χ0) is 20.1. The fraction of sp³-hybridized carbons (Fsp3) is 0.154. The van der Waals surface area contributed by atoms with Gasteiger partial charge in [0, 0.05) is 16.5 Å². The lowest BCUT2D eigenvalue weighted by Gasteiger charge is -2.32. The minimum Gasteiger partial charge on any atom is -0.507 e. The molecule has 0 saturated carbocycles. The normalized spacial score (nSPS) is 13.5. The molecule has 0 spiro atoms. The number of hydrogen-bond donors (Lipinski definition) is 2. The van der Waals surface area contributed by atoms with Gasteiger partial charge in [0.1, 0.15) is 11.4 Å². The number of nitrogens with two attached hydrogens (primary N) is 1. The number of quaternary nitrogens is 1. The largest absolute Gasteiger partial charge is 0.507 e. The molecule has 0 amide bonds. The molecule has 2 nitrogen and oxygen atoms in total. The van der Waals surface area contributed by atoms with Crippen molar-refractivity contribution in [3.63, 3.8) is 0 Å². The van der Waals surface area contributed by atoms with Gasteiger partial charge in [0.2, 0.25) is 0 Å². The Morgan fingerprint density at radius 2 is 1.79 bits per heavy atom. The van der Waals surface area contributed by atoms with E-state index in [1.165, 1.54) is 22.0 Å². The topological polar surface area (TPSA) is 36.8 Å². The quantitative estimate of drug-likeness (QED) is 0.323. The van der Waals surface area contributed by atoms with E-state index in [-0.39, 0.29) is 11.2 Å². The lowest BCUT2D eigenvalue weighted by atomic mass is 9.71. The third-order valence-corrected chi connectivity index (χ3v) is 5.49. The summed E-state index contributed by atoms with van der Waals surface area (Å²) in [5.41, 5.74) is 3.92. The molecule has 0 saturated heterocycles. The third kappa shape index (κ3) is 3.64. The molecule has 0 aliphatic heterocycles. The molecule has 0 aromatic heterocycles. The van der Waals surface area contributed by atoms with Crippen LogP contribution in [0.15, 0.2) is 91.5 Å². The second-order valence-electron chi connectivity index (χ2n) is 7.28. The molecular formula is C26H28NO+. The van der Waals surface area contributed by atoms with Gasteiger partial charge in [-0.05, 0) is 41.0 Å². The maximum atomic E-state index is 10.1. The maximum absolute atomic E-state index is 10.1. The van der Waals surface area contributed by atoms with Gasteiger partial charge in [-0.1, -0.05) is 74.2 Å². The van der Waals surface area contributed by atoms with Crippen molar-refractivity contribution in [2.24, 2.45) is 0 Å². The maximum Gasteiger partial charge on any atom is 0.134 e. The summed E-state index contributed by atoms with van der Waals surface area (Å²) in [6, 6.07) is 20.2. The molecule has 1 unspecified atom stereocenters. The van der Waals surface area contributed by atoms with Crippen LogP contribution in [0.4, 0.5) is 5.69 Å². The van der Waals surface area contributed by atoms with Crippen LogP contribution in [0, 0.1) is 0 Å². The summed E-state index contributed by atoms with van der Waals surface area (Å²) in [5, 5.41) is 14.7. The second-order valence-corrected chi connectivity index (χ2v) is 7.28. The van der Waals surface area contributed by atoms with Gasteiger partial charge in [-0.25, -0.2) is 0 Å². The van der Waals surface area contributed by atoms with E-state index in [4.69, 9.17) is 0 Å². The molecule has 0 radical (unpaired) electrons. The average molecular weight is 371 g/mol. The first-order valence-electron chi connectivity index (χ1n) is 9.59. The number of benzene rings is 3. The van der Waals surface area contributed by atoms with Crippen LogP contribution in [0.2, 0.25) is 0 Å². The number of para-hydroxylation sites is 1. The van der Waals surface area contributed by atoms with Gasteiger partial charge in [-0.15, -0.1) is 6.58 Å². The molecule has 0 bridgehead atoms. The van der Waals surface area contributed by atoms with E-state index >= 15 is 0 Å². The van der Waals surface area contributed by atoms with Crippen molar-refractivity contribution >= 4 is 22.5 Å². The molecule has 0 aliphatic rings. The second kappa shape index (κ2) is 8.28. The molecule has 28 heavy (non-hydrogen) atoms. The van der Waals surface area contributed by atoms with Gasteiger partial charge >= 0.3 is 0 Å². The summed E-state index contributed by atoms with van der Waals surface area (Å²) < 4.78 is 0. The Bertz CT molecular complexity index is 1050. The Labute approximate surface area is 167 Å². The third-order valence-electron chi connectivity index (χ3n) is 5.49. The summed E-state index contributed by atoms with van der Waals surface area (Å²) in [6.45, 7) is 10.6. The molecule has 1 atom stereocenters. The first kappa shape index (κ1) is 19.7. The Morgan fingerprint density at radius 1 is 1.07 bits per heavy atom. The van der Waals surface area contributed by atoms with Crippen LogP contribution in [-0.2, 0) is 5.41 Å². The van der Waals surface area contributed by atoms with Crippen molar-refractivity contribution in [2.75, 3.05) is 7.05 Å². The van der Waals surface area contributed by atoms with Crippen molar-refractivity contribution in [1.82, 2.24) is 0 Å². The zero-order valence-electron chi connectivity index (χ0n) is 16.7. The minimum absolute atomic E-state index is 0.268. The Balaban J connectivity index is 2.14. The van der Waals surface area contributed by atoms with Crippen LogP contribution < -0.4 is 5.32 Å². The number of allylic oxidation sites excluding steroid dienone is 3. The monoisotopic (exact) mass is 370 g/mol. The van der Waals surface area contributed by atoms with E-state index in [0.29, 0.717) is 0 Å². The lowest BCUT2D eigenvalue weighted by Crippen LogP contribution is -2.73. The lowest BCUT2D eigenvalue weighted by molar-refractivity contribution is -0.540. The SMILES string of the molecule is C=CCC(C)(C(=C)C=Cc1ccccc1O)c1c([NH2+]C)ccc2ccccc12. The van der Waals surface area contributed by atoms with Gasteiger partial charge in [-0.3, -0.25) is 0 Å². The van der Waals surface area contributed by atoms with Gasteiger partial charge in [0.05, 0.1) is 7.05 Å². The summed E-state index contributed by atoms with van der Waals surface area (Å²) in [5.74, 6) is 0.268. The highest BCUT2D eigenvalue weighted by Crippen LogP contribution is 2.42. The molecule has 2 heteroatoms. The Kier molecular flexibility index (Phi) is 5.81. The number of hydrogen-bond acceptors (Lipinski definition) is 1. The fourth-order valence-corrected chi connectivity index (χ4v) is 3.83.